The molecule has 0 aliphatic carbocycles. The van der Waals surface area contributed by atoms with Crippen LogP contribution < -0.4 is 4.74 Å². The van der Waals surface area contributed by atoms with Crippen molar-refractivity contribution in [3.05, 3.63) is 65.2 Å². The second kappa shape index (κ2) is 5.77. The van der Waals surface area contributed by atoms with Gasteiger partial charge < -0.3 is 4.74 Å². The molecule has 0 unspecified atom stereocenters. The monoisotopic (exact) mass is 264 g/mol. The van der Waals surface area contributed by atoms with E-state index >= 15 is 0 Å². The third kappa shape index (κ3) is 2.66. The van der Waals surface area contributed by atoms with E-state index in [4.69, 9.17) is 10.00 Å². The van der Waals surface area contributed by atoms with E-state index < -0.39 is 0 Å². The molecule has 0 spiro atoms. The first kappa shape index (κ1) is 12.7. The van der Waals surface area contributed by atoms with Crippen molar-refractivity contribution in [1.82, 2.24) is 4.90 Å². The Morgan fingerprint density at radius 3 is 2.35 bits per heavy atom. The zero-order valence-electron chi connectivity index (χ0n) is 11.2. The molecule has 3 rings (SSSR count). The predicted octanol–water partition coefficient (Wildman–Crippen LogP) is 2.95. The maximum atomic E-state index is 9.01. The average Bonchev–Trinajstić information content (AvgIpc) is 2.90. The summed E-state index contributed by atoms with van der Waals surface area (Å²) in [5, 5.41) is 9.01. The number of nitrogens with zero attached hydrogens (tertiary/aromatic N) is 2. The van der Waals surface area contributed by atoms with Crippen LogP contribution in [0.1, 0.15) is 16.7 Å². The number of para-hydroxylation sites is 1. The lowest BCUT2D eigenvalue weighted by Crippen LogP contribution is -2.23. The summed E-state index contributed by atoms with van der Waals surface area (Å²) in [5.41, 5.74) is 3.41. The maximum Gasteiger partial charge on any atom is 0.137 e. The van der Waals surface area contributed by atoms with E-state index in [2.05, 4.69) is 35.2 Å². The van der Waals surface area contributed by atoms with E-state index in [-0.39, 0.29) is 0 Å². The molecule has 20 heavy (non-hydrogen) atoms. The molecule has 0 bridgehead atoms. The summed E-state index contributed by atoms with van der Waals surface area (Å²) in [5.74, 6) is 0.673. The first-order valence-electron chi connectivity index (χ1n) is 6.78. The largest absolute Gasteiger partial charge is 0.491 e. The van der Waals surface area contributed by atoms with Crippen LogP contribution in [0.2, 0.25) is 0 Å². The maximum absolute atomic E-state index is 9.01. The molecular weight excluding hydrogens is 248 g/mol. The summed E-state index contributed by atoms with van der Waals surface area (Å²) >= 11 is 0. The van der Waals surface area contributed by atoms with Crippen molar-refractivity contribution in [1.29, 1.82) is 5.26 Å². The molecule has 0 aromatic heterocycles. The predicted molar refractivity (Wildman–Crippen MR) is 77.2 cm³/mol. The summed E-state index contributed by atoms with van der Waals surface area (Å²) < 4.78 is 5.72. The molecule has 0 amide bonds. The highest BCUT2D eigenvalue weighted by molar-refractivity contribution is 5.42. The van der Waals surface area contributed by atoms with Crippen molar-refractivity contribution in [3.63, 3.8) is 0 Å². The first-order chi connectivity index (χ1) is 9.86. The average molecular weight is 264 g/mol. The normalized spacial score (nSPS) is 13.8. The molecule has 100 valence electrons. The van der Waals surface area contributed by atoms with Crippen LogP contribution in [0.15, 0.2) is 48.5 Å². The zero-order chi connectivity index (χ0) is 13.8. The number of nitriles is 1. The van der Waals surface area contributed by atoms with Crippen molar-refractivity contribution >= 4 is 0 Å². The Bertz CT molecular complexity index is 620. The molecule has 3 heteroatoms. The molecule has 1 aliphatic heterocycles. The van der Waals surface area contributed by atoms with Crippen LogP contribution >= 0.6 is 0 Å². The fourth-order valence-corrected chi connectivity index (χ4v) is 2.53. The van der Waals surface area contributed by atoms with Crippen molar-refractivity contribution < 1.29 is 4.74 Å². The van der Waals surface area contributed by atoms with Gasteiger partial charge in [-0.15, -0.1) is 0 Å². The van der Waals surface area contributed by atoms with Crippen molar-refractivity contribution in [2.75, 3.05) is 13.2 Å². The molecule has 3 nitrogen and oxygen atoms in total. The van der Waals surface area contributed by atoms with Gasteiger partial charge in [0.05, 0.1) is 5.56 Å². The highest BCUT2D eigenvalue weighted by atomic mass is 16.5. The topological polar surface area (TPSA) is 36.3 Å². The van der Waals surface area contributed by atoms with Crippen LogP contribution in [-0.2, 0) is 13.1 Å². The van der Waals surface area contributed by atoms with E-state index in [9.17, 15) is 0 Å². The van der Waals surface area contributed by atoms with Crippen LogP contribution in [-0.4, -0.2) is 18.1 Å². The summed E-state index contributed by atoms with van der Waals surface area (Å²) in [4.78, 5) is 2.36. The summed E-state index contributed by atoms with van der Waals surface area (Å²) in [6, 6.07) is 18.0. The number of ether oxygens (including phenoxy) is 1. The Morgan fingerprint density at radius 1 is 1.00 bits per heavy atom. The van der Waals surface area contributed by atoms with Gasteiger partial charge in [0.2, 0.25) is 0 Å². The van der Waals surface area contributed by atoms with Crippen LogP contribution in [0.3, 0.4) is 0 Å². The van der Waals surface area contributed by atoms with Gasteiger partial charge in [0.1, 0.15) is 18.4 Å². The number of fused-ring (bicyclic) bond motifs is 1. The Kier molecular flexibility index (Phi) is 3.67. The fourth-order valence-electron chi connectivity index (χ4n) is 2.53. The Balaban J connectivity index is 1.54. The highest BCUT2D eigenvalue weighted by Crippen LogP contribution is 2.22. The first-order valence-corrected chi connectivity index (χ1v) is 6.78. The van der Waals surface area contributed by atoms with Gasteiger partial charge >= 0.3 is 0 Å². The van der Waals surface area contributed by atoms with Gasteiger partial charge in [-0.3, -0.25) is 4.90 Å². The second-order valence-electron chi connectivity index (χ2n) is 4.94. The number of benzene rings is 2. The minimum absolute atomic E-state index is 0.595. The van der Waals surface area contributed by atoms with E-state index in [0.717, 1.165) is 19.6 Å². The van der Waals surface area contributed by atoms with Gasteiger partial charge in [0, 0.05) is 19.6 Å². The van der Waals surface area contributed by atoms with Crippen LogP contribution in [0.5, 0.6) is 5.75 Å². The van der Waals surface area contributed by atoms with Gasteiger partial charge in [-0.2, -0.15) is 5.26 Å². The molecule has 0 saturated carbocycles. The molecule has 0 atom stereocenters. The third-order valence-corrected chi connectivity index (χ3v) is 3.58. The lowest BCUT2D eigenvalue weighted by molar-refractivity contribution is 0.211. The van der Waals surface area contributed by atoms with Gasteiger partial charge in [-0.1, -0.05) is 36.4 Å². The van der Waals surface area contributed by atoms with E-state index in [1.54, 1.807) is 6.07 Å². The number of hydrogen-bond donors (Lipinski definition) is 0. The summed E-state index contributed by atoms with van der Waals surface area (Å²) in [6.07, 6.45) is 0. The molecule has 0 fully saturated rings. The molecule has 0 N–H and O–H groups in total. The van der Waals surface area contributed by atoms with Crippen LogP contribution in [0.4, 0.5) is 0 Å². The molecule has 2 aromatic carbocycles. The summed E-state index contributed by atoms with van der Waals surface area (Å²) in [7, 11) is 0. The molecule has 2 aromatic rings. The number of hydrogen-bond acceptors (Lipinski definition) is 3. The molecule has 1 heterocycles. The quantitative estimate of drug-likeness (QED) is 0.851. The molecule has 1 aliphatic rings. The minimum atomic E-state index is 0.595. The fraction of sp³-hybridized carbons (Fsp3) is 0.235. The molecular formula is C17H16N2O. The Morgan fingerprint density at radius 2 is 1.65 bits per heavy atom. The number of rotatable bonds is 4. The van der Waals surface area contributed by atoms with Gasteiger partial charge in [-0.05, 0) is 23.3 Å². The third-order valence-electron chi connectivity index (χ3n) is 3.58. The lowest BCUT2D eigenvalue weighted by atomic mass is 10.1. The highest BCUT2D eigenvalue weighted by Gasteiger charge is 2.17. The Labute approximate surface area is 119 Å². The van der Waals surface area contributed by atoms with Crippen molar-refractivity contribution in [2.24, 2.45) is 0 Å². The standard InChI is InChI=1S/C17H16N2O/c18-11-14-5-3-4-8-17(14)20-10-9-19-12-15-6-1-2-7-16(15)13-19/h1-8H,9-10,12-13H2. The smallest absolute Gasteiger partial charge is 0.137 e. The Hall–Kier alpha value is -2.31. The van der Waals surface area contributed by atoms with Crippen molar-refractivity contribution in [2.45, 2.75) is 13.1 Å². The second-order valence-corrected chi connectivity index (χ2v) is 4.94. The van der Waals surface area contributed by atoms with Gasteiger partial charge in [0.25, 0.3) is 0 Å². The van der Waals surface area contributed by atoms with Crippen LogP contribution in [0, 0.1) is 11.3 Å². The zero-order valence-corrected chi connectivity index (χ0v) is 11.2. The lowest BCUT2D eigenvalue weighted by Gasteiger charge is -2.15. The molecule has 0 saturated heterocycles. The van der Waals surface area contributed by atoms with E-state index in [1.165, 1.54) is 11.1 Å². The van der Waals surface area contributed by atoms with E-state index in [1.807, 2.05) is 18.2 Å². The minimum Gasteiger partial charge on any atom is -0.491 e. The SMILES string of the molecule is N#Cc1ccccc1OCCN1Cc2ccccc2C1. The molecule has 0 radical (unpaired) electrons. The summed E-state index contributed by atoms with van der Waals surface area (Å²) in [6.45, 7) is 3.44. The van der Waals surface area contributed by atoms with Crippen LogP contribution in [0.25, 0.3) is 0 Å². The van der Waals surface area contributed by atoms with Gasteiger partial charge in [-0.25, -0.2) is 0 Å². The van der Waals surface area contributed by atoms with E-state index in [0.29, 0.717) is 17.9 Å². The van der Waals surface area contributed by atoms with Gasteiger partial charge in [0.15, 0.2) is 0 Å². The van der Waals surface area contributed by atoms with Crippen molar-refractivity contribution in [3.8, 4) is 11.8 Å².